The first-order valence-electron chi connectivity index (χ1n) is 16.7. The van der Waals surface area contributed by atoms with Crippen LogP contribution in [0.1, 0.15) is 115 Å². The van der Waals surface area contributed by atoms with Gasteiger partial charge in [-0.15, -0.1) is 0 Å². The Bertz CT molecular complexity index is 1270. The Kier molecular flexibility index (Phi) is 13.2. The number of hydrogen-bond acceptors (Lipinski definition) is 3. The molecule has 0 unspecified atom stereocenters. The lowest BCUT2D eigenvalue weighted by Crippen LogP contribution is -1.97. The number of rotatable bonds is 18. The molecule has 1 aromatic carbocycles. The summed E-state index contributed by atoms with van der Waals surface area (Å²) in [6, 6.07) is 22.3. The van der Waals surface area contributed by atoms with Crippen molar-refractivity contribution in [1.82, 2.24) is 15.0 Å². The number of pyridine rings is 3. The van der Waals surface area contributed by atoms with Gasteiger partial charge in [0.1, 0.15) is 0 Å². The van der Waals surface area contributed by atoms with Gasteiger partial charge < -0.3 is 0 Å². The van der Waals surface area contributed by atoms with Crippen LogP contribution >= 0.6 is 0 Å². The predicted molar refractivity (Wildman–Crippen MR) is 180 cm³/mol. The topological polar surface area (TPSA) is 38.7 Å². The minimum atomic E-state index is 0.914. The molecule has 0 saturated heterocycles. The van der Waals surface area contributed by atoms with E-state index in [9.17, 15) is 0 Å². The van der Waals surface area contributed by atoms with Gasteiger partial charge >= 0.3 is 0 Å². The van der Waals surface area contributed by atoms with E-state index in [2.05, 4.69) is 81.4 Å². The Morgan fingerprint density at radius 1 is 0.405 bits per heavy atom. The van der Waals surface area contributed by atoms with E-state index in [4.69, 9.17) is 15.0 Å². The second-order valence-corrected chi connectivity index (χ2v) is 11.9. The lowest BCUT2D eigenvalue weighted by Gasteiger charge is -2.12. The molecular weight excluding hydrogens is 510 g/mol. The predicted octanol–water partition coefficient (Wildman–Crippen LogP) is 11.2. The average Bonchev–Trinajstić information content (AvgIpc) is 3.04. The first kappa shape index (κ1) is 31.6. The summed E-state index contributed by atoms with van der Waals surface area (Å²) in [5.41, 5.74) is 10.2. The van der Waals surface area contributed by atoms with Crippen LogP contribution in [0.2, 0.25) is 0 Å². The molecule has 0 aliphatic heterocycles. The quantitative estimate of drug-likeness (QED) is 0.113. The summed E-state index contributed by atoms with van der Waals surface area (Å²) in [4.78, 5) is 14.7. The molecule has 0 N–H and O–H groups in total. The molecule has 0 aliphatic carbocycles. The molecule has 0 radical (unpaired) electrons. The van der Waals surface area contributed by atoms with Gasteiger partial charge in [-0.05, 0) is 103 Å². The first-order chi connectivity index (χ1) is 20.7. The van der Waals surface area contributed by atoms with Crippen LogP contribution < -0.4 is 0 Å². The summed E-state index contributed by atoms with van der Waals surface area (Å²) in [5, 5.41) is 0. The van der Waals surface area contributed by atoms with E-state index < -0.39 is 0 Å². The van der Waals surface area contributed by atoms with Crippen LogP contribution in [0.4, 0.5) is 0 Å². The van der Waals surface area contributed by atoms with Crippen molar-refractivity contribution < 1.29 is 0 Å². The number of unbranched alkanes of at least 4 members (excludes halogenated alkanes) is 9. The van der Waals surface area contributed by atoms with Gasteiger partial charge in [-0.2, -0.15) is 0 Å². The molecule has 4 aromatic rings. The van der Waals surface area contributed by atoms with Crippen molar-refractivity contribution in [3.8, 4) is 33.9 Å². The van der Waals surface area contributed by atoms with Crippen molar-refractivity contribution in [2.75, 3.05) is 0 Å². The highest BCUT2D eigenvalue weighted by molar-refractivity contribution is 5.75. The zero-order chi connectivity index (χ0) is 29.4. The van der Waals surface area contributed by atoms with E-state index in [-0.39, 0.29) is 0 Å². The van der Waals surface area contributed by atoms with Gasteiger partial charge in [0.15, 0.2) is 0 Å². The Balaban J connectivity index is 1.64. The molecule has 3 heteroatoms. The van der Waals surface area contributed by atoms with E-state index in [1.54, 1.807) is 0 Å². The standard InChI is InChI=1S/C39H51N3/c1-4-7-10-13-16-31-19-21-34(22-20-31)35-29-38(36-27-32(23-25-40-36)17-14-11-8-5-2)42-39(30-35)37-28-33(24-26-41-37)18-15-12-9-6-3/h19-30H,4-18H2,1-3H3. The van der Waals surface area contributed by atoms with E-state index in [0.717, 1.165) is 47.6 Å². The zero-order valence-electron chi connectivity index (χ0n) is 26.4. The minimum absolute atomic E-state index is 0.914. The summed E-state index contributed by atoms with van der Waals surface area (Å²) in [5.74, 6) is 0. The van der Waals surface area contributed by atoms with Crippen molar-refractivity contribution >= 4 is 0 Å². The molecule has 3 aromatic heterocycles. The largest absolute Gasteiger partial charge is 0.255 e. The van der Waals surface area contributed by atoms with Crippen LogP contribution in [-0.2, 0) is 19.3 Å². The van der Waals surface area contributed by atoms with Crippen LogP contribution in [0.3, 0.4) is 0 Å². The van der Waals surface area contributed by atoms with Crippen LogP contribution in [0, 0.1) is 0 Å². The Hall–Kier alpha value is -3.33. The number of aromatic nitrogens is 3. The Morgan fingerprint density at radius 3 is 1.31 bits per heavy atom. The van der Waals surface area contributed by atoms with Crippen LogP contribution in [0.15, 0.2) is 73.1 Å². The van der Waals surface area contributed by atoms with Gasteiger partial charge in [-0.1, -0.05) is 103 Å². The van der Waals surface area contributed by atoms with Crippen LogP contribution in [0.25, 0.3) is 33.9 Å². The molecule has 0 aliphatic rings. The maximum atomic E-state index is 5.15. The molecule has 4 rings (SSSR count). The molecule has 0 atom stereocenters. The van der Waals surface area contributed by atoms with E-state index in [1.807, 2.05) is 12.4 Å². The van der Waals surface area contributed by atoms with E-state index >= 15 is 0 Å². The molecule has 222 valence electrons. The third kappa shape index (κ3) is 9.89. The summed E-state index contributed by atoms with van der Waals surface area (Å²) in [6.45, 7) is 6.79. The van der Waals surface area contributed by atoms with Crippen molar-refractivity contribution in [1.29, 1.82) is 0 Å². The molecule has 0 saturated carbocycles. The fraction of sp³-hybridized carbons (Fsp3) is 0.462. The van der Waals surface area contributed by atoms with Crippen molar-refractivity contribution in [3.05, 3.63) is 89.7 Å². The van der Waals surface area contributed by atoms with Gasteiger partial charge in [0.25, 0.3) is 0 Å². The average molecular weight is 562 g/mol. The summed E-state index contributed by atoms with van der Waals surface area (Å²) in [7, 11) is 0. The van der Waals surface area contributed by atoms with E-state index in [1.165, 1.54) is 99.3 Å². The number of hydrogen-bond donors (Lipinski definition) is 0. The van der Waals surface area contributed by atoms with Crippen molar-refractivity contribution in [2.45, 2.75) is 117 Å². The Labute approximate surface area is 255 Å². The molecule has 0 spiro atoms. The number of aryl methyl sites for hydroxylation is 3. The highest BCUT2D eigenvalue weighted by atomic mass is 14.8. The third-order valence-electron chi connectivity index (χ3n) is 8.24. The second-order valence-electron chi connectivity index (χ2n) is 11.9. The van der Waals surface area contributed by atoms with Crippen molar-refractivity contribution in [2.24, 2.45) is 0 Å². The molecule has 3 nitrogen and oxygen atoms in total. The summed E-state index contributed by atoms with van der Waals surface area (Å²) < 4.78 is 0. The number of benzene rings is 1. The normalized spacial score (nSPS) is 11.2. The fourth-order valence-corrected chi connectivity index (χ4v) is 5.63. The molecule has 0 bridgehead atoms. The maximum absolute atomic E-state index is 5.15. The van der Waals surface area contributed by atoms with Crippen LogP contribution in [-0.4, -0.2) is 15.0 Å². The fourth-order valence-electron chi connectivity index (χ4n) is 5.63. The van der Waals surface area contributed by atoms with Crippen LogP contribution in [0.5, 0.6) is 0 Å². The van der Waals surface area contributed by atoms with Gasteiger partial charge in [-0.3, -0.25) is 9.97 Å². The Morgan fingerprint density at radius 2 is 0.857 bits per heavy atom. The lowest BCUT2D eigenvalue weighted by molar-refractivity contribution is 0.666. The molecule has 3 heterocycles. The zero-order valence-corrected chi connectivity index (χ0v) is 26.4. The summed E-state index contributed by atoms with van der Waals surface area (Å²) in [6.07, 6.45) is 22.5. The monoisotopic (exact) mass is 561 g/mol. The number of nitrogens with zero attached hydrogens (tertiary/aromatic N) is 3. The maximum Gasteiger partial charge on any atom is 0.0900 e. The molecule has 0 amide bonds. The third-order valence-corrected chi connectivity index (χ3v) is 8.24. The molecule has 42 heavy (non-hydrogen) atoms. The SMILES string of the molecule is CCCCCCc1ccc(-c2cc(-c3cc(CCCCCC)ccn3)nc(-c3cc(CCCCCC)ccn3)c2)cc1. The lowest BCUT2D eigenvalue weighted by atomic mass is 9.98. The highest BCUT2D eigenvalue weighted by Crippen LogP contribution is 2.30. The van der Waals surface area contributed by atoms with E-state index in [0.29, 0.717) is 0 Å². The van der Waals surface area contributed by atoms with Gasteiger partial charge in [-0.25, -0.2) is 4.98 Å². The second kappa shape index (κ2) is 17.6. The minimum Gasteiger partial charge on any atom is -0.255 e. The highest BCUT2D eigenvalue weighted by Gasteiger charge is 2.12. The van der Waals surface area contributed by atoms with Gasteiger partial charge in [0.05, 0.1) is 22.8 Å². The smallest absolute Gasteiger partial charge is 0.0900 e. The first-order valence-corrected chi connectivity index (χ1v) is 16.7. The van der Waals surface area contributed by atoms with Gasteiger partial charge in [0.2, 0.25) is 0 Å². The molecule has 0 fully saturated rings. The van der Waals surface area contributed by atoms with Crippen molar-refractivity contribution in [3.63, 3.8) is 0 Å². The van der Waals surface area contributed by atoms with Gasteiger partial charge in [0, 0.05) is 12.4 Å². The molecular formula is C39H51N3. The summed E-state index contributed by atoms with van der Waals surface area (Å²) >= 11 is 0.